The Balaban J connectivity index is 1.88. The Morgan fingerprint density at radius 1 is 1.07 bits per heavy atom. The number of carboxylic acids is 1. The van der Waals surface area contributed by atoms with Crippen LogP contribution in [0.2, 0.25) is 0 Å². The minimum absolute atomic E-state index is 0.0251. The summed E-state index contributed by atoms with van der Waals surface area (Å²) < 4.78 is 0. The molecule has 2 aromatic rings. The van der Waals surface area contributed by atoms with Crippen molar-refractivity contribution in [2.75, 3.05) is 0 Å². The summed E-state index contributed by atoms with van der Waals surface area (Å²) >= 11 is 0. The van der Waals surface area contributed by atoms with E-state index in [0.717, 1.165) is 25.7 Å². The van der Waals surface area contributed by atoms with E-state index < -0.39 is 22.9 Å². The fourth-order valence-corrected chi connectivity index (χ4v) is 4.55. The molecule has 0 bridgehead atoms. The molecular formula is C21H20N2O5. The van der Waals surface area contributed by atoms with E-state index in [1.54, 1.807) is 41.3 Å². The Kier molecular flexibility index (Phi) is 4.58. The van der Waals surface area contributed by atoms with Gasteiger partial charge in [0.1, 0.15) is 5.92 Å². The quantitative estimate of drug-likeness (QED) is 0.640. The van der Waals surface area contributed by atoms with Gasteiger partial charge in [0.15, 0.2) is 0 Å². The summed E-state index contributed by atoms with van der Waals surface area (Å²) in [6.45, 7) is 0. The first kappa shape index (κ1) is 18.2. The number of fused-ring (bicyclic) bond motifs is 1. The maximum absolute atomic E-state index is 13.4. The molecule has 0 spiro atoms. The molecule has 1 heterocycles. The van der Waals surface area contributed by atoms with Gasteiger partial charge < -0.3 is 10.0 Å². The SMILES string of the molecule is O=C(O)[C@@H]1c2ccccc2C(=O)N(C2CCCC2)[C@@H]1c1ccc([N+](=O)[O-])cc1. The van der Waals surface area contributed by atoms with Crippen LogP contribution in [0.4, 0.5) is 5.69 Å². The lowest BCUT2D eigenvalue weighted by molar-refractivity contribution is -0.384. The molecule has 1 N–H and O–H groups in total. The van der Waals surface area contributed by atoms with E-state index in [2.05, 4.69) is 0 Å². The van der Waals surface area contributed by atoms with Gasteiger partial charge in [-0.3, -0.25) is 19.7 Å². The van der Waals surface area contributed by atoms with Crippen molar-refractivity contribution in [3.63, 3.8) is 0 Å². The minimum Gasteiger partial charge on any atom is -0.481 e. The molecule has 144 valence electrons. The predicted molar refractivity (Wildman–Crippen MR) is 101 cm³/mol. The van der Waals surface area contributed by atoms with Crippen LogP contribution in [0, 0.1) is 10.1 Å². The largest absolute Gasteiger partial charge is 0.481 e. The standard InChI is InChI=1S/C21H20N2O5/c24-20-17-8-4-3-7-16(17)18(21(25)26)19(22(20)14-5-1-2-6-14)13-9-11-15(12-10-13)23(27)28/h3-4,7-12,14,18-19H,1-2,5-6H2,(H,25,26)/t18-,19-/m1/s1. The summed E-state index contributed by atoms with van der Waals surface area (Å²) in [7, 11) is 0. The van der Waals surface area contributed by atoms with E-state index in [-0.39, 0.29) is 17.6 Å². The summed E-state index contributed by atoms with van der Waals surface area (Å²) in [5.41, 5.74) is 1.47. The molecule has 28 heavy (non-hydrogen) atoms. The van der Waals surface area contributed by atoms with Crippen LogP contribution in [0.15, 0.2) is 48.5 Å². The Morgan fingerprint density at radius 3 is 2.32 bits per heavy atom. The summed E-state index contributed by atoms with van der Waals surface area (Å²) in [5.74, 6) is -2.09. The summed E-state index contributed by atoms with van der Waals surface area (Å²) in [4.78, 5) is 37.9. The van der Waals surface area contributed by atoms with E-state index in [1.165, 1.54) is 12.1 Å². The molecule has 7 nitrogen and oxygen atoms in total. The molecule has 1 amide bonds. The Labute approximate surface area is 161 Å². The highest BCUT2D eigenvalue weighted by Gasteiger charge is 2.47. The molecule has 1 fully saturated rings. The Morgan fingerprint density at radius 2 is 1.71 bits per heavy atom. The second-order valence-electron chi connectivity index (χ2n) is 7.35. The van der Waals surface area contributed by atoms with Gasteiger partial charge in [0.2, 0.25) is 0 Å². The molecular weight excluding hydrogens is 360 g/mol. The van der Waals surface area contributed by atoms with Crippen LogP contribution in [0.25, 0.3) is 0 Å². The number of carbonyl (C=O) groups is 2. The number of nitro groups is 1. The fourth-order valence-electron chi connectivity index (χ4n) is 4.55. The van der Waals surface area contributed by atoms with Crippen LogP contribution in [-0.4, -0.2) is 32.8 Å². The molecule has 1 saturated carbocycles. The van der Waals surface area contributed by atoms with E-state index >= 15 is 0 Å². The maximum atomic E-state index is 13.4. The van der Waals surface area contributed by atoms with Gasteiger partial charge in [-0.05, 0) is 30.0 Å². The molecule has 0 saturated heterocycles. The van der Waals surface area contributed by atoms with Crippen LogP contribution in [0.1, 0.15) is 59.1 Å². The summed E-state index contributed by atoms with van der Waals surface area (Å²) in [6.07, 6.45) is 3.68. The fraction of sp³-hybridized carbons (Fsp3) is 0.333. The monoisotopic (exact) mass is 380 g/mol. The second-order valence-corrected chi connectivity index (χ2v) is 7.35. The first-order valence-electron chi connectivity index (χ1n) is 9.38. The number of nitrogens with zero attached hydrogens (tertiary/aromatic N) is 2. The lowest BCUT2D eigenvalue weighted by atomic mass is 9.79. The first-order chi connectivity index (χ1) is 13.5. The molecule has 7 heteroatoms. The van der Waals surface area contributed by atoms with Crippen LogP contribution in [0.3, 0.4) is 0 Å². The van der Waals surface area contributed by atoms with E-state index in [0.29, 0.717) is 16.7 Å². The molecule has 0 unspecified atom stereocenters. The number of nitro benzene ring substituents is 1. The number of amides is 1. The average molecular weight is 380 g/mol. The van der Waals surface area contributed by atoms with Crippen LogP contribution in [0.5, 0.6) is 0 Å². The Bertz CT molecular complexity index is 934. The molecule has 4 rings (SSSR count). The topological polar surface area (TPSA) is 101 Å². The van der Waals surface area contributed by atoms with Crippen molar-refractivity contribution in [1.82, 2.24) is 4.90 Å². The van der Waals surface area contributed by atoms with Gasteiger partial charge in [0, 0.05) is 23.7 Å². The van der Waals surface area contributed by atoms with Gasteiger partial charge in [-0.15, -0.1) is 0 Å². The average Bonchev–Trinajstić information content (AvgIpc) is 3.22. The van der Waals surface area contributed by atoms with Crippen LogP contribution >= 0.6 is 0 Å². The third-order valence-corrected chi connectivity index (χ3v) is 5.81. The number of non-ortho nitro benzene ring substituents is 1. The highest BCUT2D eigenvalue weighted by molar-refractivity contribution is 6.00. The third kappa shape index (κ3) is 2.93. The highest BCUT2D eigenvalue weighted by atomic mass is 16.6. The number of benzene rings is 2. The van der Waals surface area contributed by atoms with Crippen molar-refractivity contribution < 1.29 is 19.6 Å². The molecule has 1 aliphatic heterocycles. The lowest BCUT2D eigenvalue weighted by Gasteiger charge is -2.44. The van der Waals surface area contributed by atoms with Crippen molar-refractivity contribution in [2.45, 2.75) is 43.7 Å². The molecule has 0 radical (unpaired) electrons. The molecule has 0 aromatic heterocycles. The maximum Gasteiger partial charge on any atom is 0.313 e. The highest BCUT2D eigenvalue weighted by Crippen LogP contribution is 2.46. The number of carboxylic acid groups (broad SMARTS) is 1. The Hall–Kier alpha value is -3.22. The molecule has 2 atom stereocenters. The van der Waals surface area contributed by atoms with Gasteiger partial charge in [-0.2, -0.15) is 0 Å². The smallest absolute Gasteiger partial charge is 0.313 e. The second kappa shape index (κ2) is 7.07. The normalized spacial score (nSPS) is 22.1. The zero-order chi connectivity index (χ0) is 19.8. The molecule has 1 aliphatic carbocycles. The first-order valence-corrected chi connectivity index (χ1v) is 9.38. The van der Waals surface area contributed by atoms with Gasteiger partial charge in [-0.25, -0.2) is 0 Å². The van der Waals surface area contributed by atoms with E-state index in [1.807, 2.05) is 0 Å². The van der Waals surface area contributed by atoms with Crippen molar-refractivity contribution >= 4 is 17.6 Å². The van der Waals surface area contributed by atoms with Crippen molar-refractivity contribution in [2.24, 2.45) is 0 Å². The van der Waals surface area contributed by atoms with Crippen LogP contribution in [-0.2, 0) is 4.79 Å². The van der Waals surface area contributed by atoms with E-state index in [4.69, 9.17) is 0 Å². The number of aliphatic carboxylic acids is 1. The number of hydrogen-bond donors (Lipinski definition) is 1. The van der Waals surface area contributed by atoms with Crippen molar-refractivity contribution in [3.05, 3.63) is 75.3 Å². The lowest BCUT2D eigenvalue weighted by Crippen LogP contribution is -2.49. The third-order valence-electron chi connectivity index (χ3n) is 5.81. The molecule has 2 aliphatic rings. The minimum atomic E-state index is -1.01. The number of rotatable bonds is 4. The van der Waals surface area contributed by atoms with Gasteiger partial charge in [0.25, 0.3) is 11.6 Å². The summed E-state index contributed by atoms with van der Waals surface area (Å²) in [6, 6.07) is 12.0. The summed E-state index contributed by atoms with van der Waals surface area (Å²) in [5, 5.41) is 21.1. The number of hydrogen-bond acceptors (Lipinski definition) is 4. The predicted octanol–water partition coefficient (Wildman–Crippen LogP) is 3.90. The van der Waals surface area contributed by atoms with Gasteiger partial charge >= 0.3 is 5.97 Å². The molecule has 2 aromatic carbocycles. The zero-order valence-corrected chi connectivity index (χ0v) is 15.2. The van der Waals surface area contributed by atoms with Crippen molar-refractivity contribution in [1.29, 1.82) is 0 Å². The van der Waals surface area contributed by atoms with Crippen molar-refractivity contribution in [3.8, 4) is 0 Å². The van der Waals surface area contributed by atoms with E-state index in [9.17, 15) is 24.8 Å². The number of carbonyl (C=O) groups excluding carboxylic acids is 1. The van der Waals surface area contributed by atoms with Crippen LogP contribution < -0.4 is 0 Å². The van der Waals surface area contributed by atoms with Gasteiger partial charge in [-0.1, -0.05) is 43.2 Å². The zero-order valence-electron chi connectivity index (χ0n) is 15.2. The van der Waals surface area contributed by atoms with Gasteiger partial charge in [0.05, 0.1) is 11.0 Å².